The van der Waals surface area contributed by atoms with Gasteiger partial charge in [-0.05, 0) is 37.2 Å². The van der Waals surface area contributed by atoms with E-state index in [9.17, 15) is 9.59 Å². The Bertz CT molecular complexity index is 515. The maximum absolute atomic E-state index is 12.1. The summed E-state index contributed by atoms with van der Waals surface area (Å²) in [6.45, 7) is 3.52. The average Bonchev–Trinajstić information content (AvgIpc) is 2.26. The molecule has 1 amide bonds. The van der Waals surface area contributed by atoms with Gasteiger partial charge in [-0.2, -0.15) is 0 Å². The molecule has 102 valence electrons. The molecule has 5 nitrogen and oxygen atoms in total. The van der Waals surface area contributed by atoms with Crippen LogP contribution in [0.15, 0.2) is 22.7 Å². The van der Waals surface area contributed by atoms with Gasteiger partial charge in [-0.1, -0.05) is 22.9 Å². The Morgan fingerprint density at radius 2 is 2.16 bits per heavy atom. The van der Waals surface area contributed by atoms with Gasteiger partial charge in [-0.25, -0.2) is 4.79 Å². The molecule has 1 unspecified atom stereocenters. The van der Waals surface area contributed by atoms with E-state index in [1.54, 1.807) is 12.1 Å². The standard InChI is InChI=1S/C13H15BrN2O3/c1-7(8-5-15-6-8)12(17)16-11-4-9(14)2-3-10(11)13(18)19/h2-4,7-8,15H,5-6H2,1H3,(H,16,17)(H,18,19). The molecule has 0 saturated carbocycles. The Kier molecular flexibility index (Phi) is 4.21. The normalized spacial score (nSPS) is 16.5. The number of nitrogens with one attached hydrogen (secondary N) is 2. The molecule has 1 aromatic carbocycles. The fourth-order valence-electron chi connectivity index (χ4n) is 1.93. The molecule has 1 aromatic rings. The second kappa shape index (κ2) is 5.71. The first-order chi connectivity index (χ1) is 8.99. The smallest absolute Gasteiger partial charge is 0.337 e. The summed E-state index contributed by atoms with van der Waals surface area (Å²) in [5.41, 5.74) is 0.418. The van der Waals surface area contributed by atoms with Gasteiger partial charge in [0.15, 0.2) is 0 Å². The van der Waals surface area contributed by atoms with Gasteiger partial charge in [0.2, 0.25) is 5.91 Å². The number of amides is 1. The number of aromatic carboxylic acids is 1. The van der Waals surface area contributed by atoms with E-state index in [1.807, 2.05) is 6.92 Å². The zero-order valence-electron chi connectivity index (χ0n) is 10.4. The van der Waals surface area contributed by atoms with E-state index < -0.39 is 5.97 Å². The molecule has 0 aromatic heterocycles. The van der Waals surface area contributed by atoms with Crippen LogP contribution in [0.5, 0.6) is 0 Å². The number of hydrogen-bond donors (Lipinski definition) is 3. The molecule has 2 rings (SSSR count). The molecule has 6 heteroatoms. The average molecular weight is 327 g/mol. The van der Waals surface area contributed by atoms with Crippen LogP contribution in [0.3, 0.4) is 0 Å². The van der Waals surface area contributed by atoms with Gasteiger partial charge in [-0.15, -0.1) is 0 Å². The summed E-state index contributed by atoms with van der Waals surface area (Å²) in [6, 6.07) is 4.71. The van der Waals surface area contributed by atoms with Crippen LogP contribution in [0.2, 0.25) is 0 Å². The SMILES string of the molecule is CC(C(=O)Nc1cc(Br)ccc1C(=O)O)C1CNC1. The zero-order chi connectivity index (χ0) is 14.0. The number of benzene rings is 1. The van der Waals surface area contributed by atoms with Crippen LogP contribution in [-0.4, -0.2) is 30.1 Å². The van der Waals surface area contributed by atoms with Crippen molar-refractivity contribution in [2.45, 2.75) is 6.92 Å². The Hall–Kier alpha value is -1.40. The van der Waals surface area contributed by atoms with Crippen LogP contribution in [0, 0.1) is 11.8 Å². The molecule has 3 N–H and O–H groups in total. The third kappa shape index (κ3) is 3.13. The lowest BCUT2D eigenvalue weighted by atomic mass is 9.88. The first kappa shape index (κ1) is 14.0. The van der Waals surface area contributed by atoms with Crippen molar-refractivity contribution in [1.82, 2.24) is 5.32 Å². The topological polar surface area (TPSA) is 78.4 Å². The minimum Gasteiger partial charge on any atom is -0.478 e. The minimum absolute atomic E-state index is 0.0930. The second-order valence-electron chi connectivity index (χ2n) is 4.69. The quantitative estimate of drug-likeness (QED) is 0.790. The van der Waals surface area contributed by atoms with Gasteiger partial charge in [0.1, 0.15) is 0 Å². The summed E-state index contributed by atoms with van der Waals surface area (Å²) in [4.78, 5) is 23.2. The van der Waals surface area contributed by atoms with Crippen LogP contribution in [-0.2, 0) is 4.79 Å². The third-order valence-electron chi connectivity index (χ3n) is 3.40. The van der Waals surface area contributed by atoms with E-state index in [0.29, 0.717) is 11.6 Å². The summed E-state index contributed by atoms with van der Waals surface area (Å²) < 4.78 is 0.728. The molecule has 0 radical (unpaired) electrons. The van der Waals surface area contributed by atoms with Gasteiger partial charge in [-0.3, -0.25) is 4.79 Å². The van der Waals surface area contributed by atoms with Crippen molar-refractivity contribution < 1.29 is 14.7 Å². The fraction of sp³-hybridized carbons (Fsp3) is 0.385. The molecule has 1 fully saturated rings. The van der Waals surface area contributed by atoms with Crippen molar-refractivity contribution in [2.75, 3.05) is 18.4 Å². The lowest BCUT2D eigenvalue weighted by Crippen LogP contribution is -2.48. The third-order valence-corrected chi connectivity index (χ3v) is 3.90. The zero-order valence-corrected chi connectivity index (χ0v) is 12.0. The van der Waals surface area contributed by atoms with Crippen LogP contribution in [0.4, 0.5) is 5.69 Å². The number of carbonyl (C=O) groups is 2. The molecular weight excluding hydrogens is 312 g/mol. The van der Waals surface area contributed by atoms with Gasteiger partial charge in [0.05, 0.1) is 11.3 Å². The molecule has 19 heavy (non-hydrogen) atoms. The van der Waals surface area contributed by atoms with Gasteiger partial charge in [0, 0.05) is 10.4 Å². The highest BCUT2D eigenvalue weighted by Gasteiger charge is 2.29. The van der Waals surface area contributed by atoms with Crippen LogP contribution >= 0.6 is 15.9 Å². The molecule has 1 heterocycles. The molecular formula is C13H15BrN2O3. The van der Waals surface area contributed by atoms with Crippen LogP contribution in [0.1, 0.15) is 17.3 Å². The molecule has 1 aliphatic rings. The number of carboxylic acid groups (broad SMARTS) is 1. The highest BCUT2D eigenvalue weighted by molar-refractivity contribution is 9.10. The van der Waals surface area contributed by atoms with E-state index in [0.717, 1.165) is 17.6 Å². The van der Waals surface area contributed by atoms with Crippen molar-refractivity contribution in [3.05, 3.63) is 28.2 Å². The molecule has 1 atom stereocenters. The summed E-state index contributed by atoms with van der Waals surface area (Å²) in [5, 5.41) is 14.9. The second-order valence-corrected chi connectivity index (χ2v) is 5.61. The van der Waals surface area contributed by atoms with Crippen molar-refractivity contribution in [2.24, 2.45) is 11.8 Å². The number of hydrogen-bond acceptors (Lipinski definition) is 3. The summed E-state index contributed by atoms with van der Waals surface area (Å²) >= 11 is 3.27. The molecule has 0 bridgehead atoms. The van der Waals surface area contributed by atoms with E-state index >= 15 is 0 Å². The van der Waals surface area contributed by atoms with E-state index in [-0.39, 0.29) is 17.4 Å². The molecule has 0 spiro atoms. The Labute approximate surface area is 119 Å². The van der Waals surface area contributed by atoms with E-state index in [2.05, 4.69) is 26.6 Å². The fourth-order valence-corrected chi connectivity index (χ4v) is 2.29. The van der Waals surface area contributed by atoms with Crippen LogP contribution < -0.4 is 10.6 Å². The highest BCUT2D eigenvalue weighted by Crippen LogP contribution is 2.24. The summed E-state index contributed by atoms with van der Waals surface area (Å²) in [7, 11) is 0. The number of rotatable bonds is 4. The number of carboxylic acids is 1. The van der Waals surface area contributed by atoms with Crippen molar-refractivity contribution in [1.29, 1.82) is 0 Å². The predicted molar refractivity (Wildman–Crippen MR) is 75.3 cm³/mol. The monoisotopic (exact) mass is 326 g/mol. The Morgan fingerprint density at radius 1 is 1.47 bits per heavy atom. The van der Waals surface area contributed by atoms with Gasteiger partial charge in [0.25, 0.3) is 0 Å². The van der Waals surface area contributed by atoms with E-state index in [1.165, 1.54) is 6.07 Å². The Balaban J connectivity index is 2.15. The maximum Gasteiger partial charge on any atom is 0.337 e. The predicted octanol–water partition coefficient (Wildman–Crippen LogP) is 1.94. The lowest BCUT2D eigenvalue weighted by molar-refractivity contribution is -0.121. The van der Waals surface area contributed by atoms with Crippen molar-refractivity contribution in [3.63, 3.8) is 0 Å². The Morgan fingerprint density at radius 3 is 2.68 bits per heavy atom. The van der Waals surface area contributed by atoms with Crippen LogP contribution in [0.25, 0.3) is 0 Å². The molecule has 0 aliphatic carbocycles. The maximum atomic E-state index is 12.1. The van der Waals surface area contributed by atoms with Crippen molar-refractivity contribution >= 4 is 33.5 Å². The number of anilines is 1. The number of halogens is 1. The van der Waals surface area contributed by atoms with Gasteiger partial charge >= 0.3 is 5.97 Å². The number of carbonyl (C=O) groups excluding carboxylic acids is 1. The first-order valence-corrected chi connectivity index (χ1v) is 6.82. The summed E-state index contributed by atoms with van der Waals surface area (Å²) in [6.07, 6.45) is 0. The molecule has 1 saturated heterocycles. The summed E-state index contributed by atoms with van der Waals surface area (Å²) in [5.74, 6) is -1.02. The largest absolute Gasteiger partial charge is 0.478 e. The van der Waals surface area contributed by atoms with Crippen molar-refractivity contribution in [3.8, 4) is 0 Å². The van der Waals surface area contributed by atoms with Gasteiger partial charge < -0.3 is 15.7 Å². The molecule has 1 aliphatic heterocycles. The first-order valence-electron chi connectivity index (χ1n) is 6.03. The minimum atomic E-state index is -1.05. The lowest BCUT2D eigenvalue weighted by Gasteiger charge is -2.31. The highest BCUT2D eigenvalue weighted by atomic mass is 79.9. The van der Waals surface area contributed by atoms with E-state index in [4.69, 9.17) is 5.11 Å².